The van der Waals surface area contributed by atoms with Crippen molar-refractivity contribution >= 4 is 21.8 Å². The molecule has 0 saturated carbocycles. The Labute approximate surface area is 121 Å². The van der Waals surface area contributed by atoms with E-state index in [1.165, 1.54) is 6.07 Å². The summed E-state index contributed by atoms with van der Waals surface area (Å²) in [4.78, 5) is 14.1. The Balaban J connectivity index is 2.12. The molecule has 1 aromatic rings. The fraction of sp³-hybridized carbons (Fsp3) is 0.500. The third-order valence-corrected chi connectivity index (χ3v) is 4.30. The Morgan fingerprint density at radius 2 is 2.32 bits per heavy atom. The molecule has 104 valence electrons. The van der Waals surface area contributed by atoms with Gasteiger partial charge in [-0.15, -0.1) is 0 Å². The number of carbonyl (C=O) groups is 1. The van der Waals surface area contributed by atoms with Crippen molar-refractivity contribution in [3.8, 4) is 0 Å². The minimum Gasteiger partial charge on any atom is -0.338 e. The van der Waals surface area contributed by atoms with E-state index in [1.54, 1.807) is 17.0 Å². The third-order valence-electron chi connectivity index (χ3n) is 3.66. The maximum atomic E-state index is 13.5. The van der Waals surface area contributed by atoms with Crippen molar-refractivity contribution in [1.29, 1.82) is 0 Å². The predicted molar refractivity (Wildman–Crippen MR) is 76.4 cm³/mol. The molecule has 1 aliphatic rings. The normalized spacial score (nSPS) is 21.3. The van der Waals surface area contributed by atoms with Crippen LogP contribution in [0.2, 0.25) is 0 Å². The number of hydrogen-bond acceptors (Lipinski definition) is 2. The summed E-state index contributed by atoms with van der Waals surface area (Å²) in [7, 11) is 0. The van der Waals surface area contributed by atoms with Crippen LogP contribution in [0.5, 0.6) is 0 Å². The van der Waals surface area contributed by atoms with Gasteiger partial charge in [0.05, 0.1) is 4.47 Å². The molecule has 1 aliphatic heterocycles. The highest BCUT2D eigenvalue weighted by atomic mass is 79.9. The van der Waals surface area contributed by atoms with Crippen molar-refractivity contribution in [3.63, 3.8) is 0 Å². The van der Waals surface area contributed by atoms with Gasteiger partial charge in [-0.05, 0) is 59.8 Å². The van der Waals surface area contributed by atoms with Gasteiger partial charge in [-0.25, -0.2) is 4.39 Å². The molecule has 2 N–H and O–H groups in total. The van der Waals surface area contributed by atoms with E-state index in [1.807, 2.05) is 6.92 Å². The Kier molecular flexibility index (Phi) is 4.58. The average molecular weight is 329 g/mol. The van der Waals surface area contributed by atoms with Gasteiger partial charge in [0.1, 0.15) is 5.82 Å². The molecule has 0 radical (unpaired) electrons. The molecule has 0 unspecified atom stereocenters. The molecule has 1 saturated heterocycles. The van der Waals surface area contributed by atoms with Gasteiger partial charge in [0.2, 0.25) is 0 Å². The molecular formula is C14H18BrFN2O. The van der Waals surface area contributed by atoms with Crippen LogP contribution in [0, 0.1) is 11.7 Å². The van der Waals surface area contributed by atoms with Crippen molar-refractivity contribution in [1.82, 2.24) is 4.90 Å². The lowest BCUT2D eigenvalue weighted by molar-refractivity contribution is 0.0660. The second-order valence-electron chi connectivity index (χ2n) is 5.14. The van der Waals surface area contributed by atoms with Gasteiger partial charge >= 0.3 is 0 Å². The standard InChI is InChI=1S/C14H18BrFN2O/c1-9(17)11-3-2-6-18(8-11)14(19)10-4-5-12(15)13(16)7-10/h4-5,7,9,11H,2-3,6,8,17H2,1H3/t9-,11-/m0/s1. The molecule has 0 spiro atoms. The van der Waals surface area contributed by atoms with E-state index < -0.39 is 5.82 Å². The quantitative estimate of drug-likeness (QED) is 0.907. The summed E-state index contributed by atoms with van der Waals surface area (Å²) in [6.07, 6.45) is 2.01. The number of nitrogens with zero attached hydrogens (tertiary/aromatic N) is 1. The summed E-state index contributed by atoms with van der Waals surface area (Å²) < 4.78 is 13.8. The van der Waals surface area contributed by atoms with E-state index in [9.17, 15) is 9.18 Å². The molecule has 0 aliphatic carbocycles. The topological polar surface area (TPSA) is 46.3 Å². The highest BCUT2D eigenvalue weighted by Gasteiger charge is 2.26. The van der Waals surface area contributed by atoms with Gasteiger partial charge in [0, 0.05) is 24.7 Å². The molecular weight excluding hydrogens is 311 g/mol. The number of likely N-dealkylation sites (tertiary alicyclic amines) is 1. The smallest absolute Gasteiger partial charge is 0.253 e. The zero-order chi connectivity index (χ0) is 14.0. The summed E-state index contributed by atoms with van der Waals surface area (Å²) in [5.74, 6) is -0.193. The minimum absolute atomic E-state index is 0.0808. The van der Waals surface area contributed by atoms with E-state index in [0.717, 1.165) is 19.4 Å². The van der Waals surface area contributed by atoms with E-state index in [4.69, 9.17) is 5.73 Å². The zero-order valence-corrected chi connectivity index (χ0v) is 12.5. The lowest BCUT2D eigenvalue weighted by atomic mass is 9.92. The number of amides is 1. The van der Waals surface area contributed by atoms with Crippen LogP contribution in [0.15, 0.2) is 22.7 Å². The number of carbonyl (C=O) groups excluding carboxylic acids is 1. The first-order valence-corrected chi connectivity index (χ1v) is 7.28. The van der Waals surface area contributed by atoms with E-state index in [-0.39, 0.29) is 11.9 Å². The van der Waals surface area contributed by atoms with E-state index >= 15 is 0 Å². The van der Waals surface area contributed by atoms with Crippen LogP contribution >= 0.6 is 15.9 Å². The third kappa shape index (κ3) is 3.34. The molecule has 1 fully saturated rings. The molecule has 3 nitrogen and oxygen atoms in total. The highest BCUT2D eigenvalue weighted by molar-refractivity contribution is 9.10. The minimum atomic E-state index is -0.411. The summed E-state index contributed by atoms with van der Waals surface area (Å²) >= 11 is 3.09. The molecule has 2 rings (SSSR count). The Morgan fingerprint density at radius 1 is 1.58 bits per heavy atom. The number of rotatable bonds is 2. The first-order chi connectivity index (χ1) is 8.99. The number of halogens is 2. The Bertz CT molecular complexity index is 479. The summed E-state index contributed by atoms with van der Waals surface area (Å²) in [5, 5.41) is 0. The monoisotopic (exact) mass is 328 g/mol. The average Bonchev–Trinajstić information content (AvgIpc) is 2.41. The van der Waals surface area contributed by atoms with Gasteiger partial charge in [-0.2, -0.15) is 0 Å². The van der Waals surface area contributed by atoms with Gasteiger partial charge in [0.15, 0.2) is 0 Å². The van der Waals surface area contributed by atoms with Crippen LogP contribution in [-0.2, 0) is 0 Å². The SMILES string of the molecule is C[C@H](N)[C@H]1CCCN(C(=O)c2ccc(Br)c(F)c2)C1. The molecule has 1 amide bonds. The van der Waals surface area contributed by atoms with Crippen molar-refractivity contribution in [2.24, 2.45) is 11.7 Å². The van der Waals surface area contributed by atoms with Gasteiger partial charge in [-0.3, -0.25) is 4.79 Å². The molecule has 0 aromatic heterocycles. The van der Waals surface area contributed by atoms with E-state index in [2.05, 4.69) is 15.9 Å². The van der Waals surface area contributed by atoms with Crippen LogP contribution in [0.1, 0.15) is 30.1 Å². The second-order valence-corrected chi connectivity index (χ2v) is 6.00. The zero-order valence-electron chi connectivity index (χ0n) is 10.9. The molecule has 2 atom stereocenters. The first-order valence-electron chi connectivity index (χ1n) is 6.49. The van der Waals surface area contributed by atoms with Crippen LogP contribution in [0.3, 0.4) is 0 Å². The lowest BCUT2D eigenvalue weighted by Gasteiger charge is -2.34. The maximum Gasteiger partial charge on any atom is 0.253 e. The molecule has 1 aromatic carbocycles. The number of benzene rings is 1. The highest BCUT2D eigenvalue weighted by Crippen LogP contribution is 2.22. The van der Waals surface area contributed by atoms with Crippen molar-refractivity contribution in [2.45, 2.75) is 25.8 Å². The Morgan fingerprint density at radius 3 is 2.95 bits per heavy atom. The van der Waals surface area contributed by atoms with Gasteiger partial charge in [-0.1, -0.05) is 0 Å². The summed E-state index contributed by atoms with van der Waals surface area (Å²) in [6.45, 7) is 3.35. The lowest BCUT2D eigenvalue weighted by Crippen LogP contribution is -2.45. The second kappa shape index (κ2) is 6.01. The van der Waals surface area contributed by atoms with Crippen molar-refractivity contribution in [3.05, 3.63) is 34.1 Å². The van der Waals surface area contributed by atoms with Gasteiger partial charge in [0.25, 0.3) is 5.91 Å². The predicted octanol–water partition coefficient (Wildman–Crippen LogP) is 2.79. The molecule has 1 heterocycles. The van der Waals surface area contributed by atoms with Crippen molar-refractivity contribution in [2.75, 3.05) is 13.1 Å². The summed E-state index contributed by atoms with van der Waals surface area (Å²) in [6, 6.07) is 4.57. The number of piperidine rings is 1. The van der Waals surface area contributed by atoms with Crippen LogP contribution in [0.4, 0.5) is 4.39 Å². The first kappa shape index (κ1) is 14.5. The van der Waals surface area contributed by atoms with Crippen LogP contribution in [0.25, 0.3) is 0 Å². The fourth-order valence-corrected chi connectivity index (χ4v) is 2.68. The van der Waals surface area contributed by atoms with Crippen LogP contribution < -0.4 is 5.73 Å². The molecule has 19 heavy (non-hydrogen) atoms. The maximum absolute atomic E-state index is 13.5. The molecule has 0 bridgehead atoms. The van der Waals surface area contributed by atoms with E-state index in [0.29, 0.717) is 22.5 Å². The van der Waals surface area contributed by atoms with Crippen LogP contribution in [-0.4, -0.2) is 29.9 Å². The largest absolute Gasteiger partial charge is 0.338 e. The molecule has 5 heteroatoms. The van der Waals surface area contributed by atoms with Crippen molar-refractivity contribution < 1.29 is 9.18 Å². The fourth-order valence-electron chi connectivity index (χ4n) is 2.44. The van der Waals surface area contributed by atoms with Gasteiger partial charge < -0.3 is 10.6 Å². The Hall–Kier alpha value is -0.940. The number of hydrogen-bond donors (Lipinski definition) is 1. The summed E-state index contributed by atoms with van der Waals surface area (Å²) in [5.41, 5.74) is 6.30. The number of nitrogens with two attached hydrogens (primary N) is 1.